The Labute approximate surface area is 110 Å². The smallest absolute Gasteiger partial charge is 0.310 e. The zero-order valence-electron chi connectivity index (χ0n) is 10.9. The Morgan fingerprint density at radius 2 is 1.95 bits per heavy atom. The van der Waals surface area contributed by atoms with Crippen LogP contribution >= 0.6 is 0 Å². The van der Waals surface area contributed by atoms with Gasteiger partial charge in [-0.2, -0.15) is 5.10 Å². The second kappa shape index (κ2) is 4.16. The van der Waals surface area contributed by atoms with Crippen LogP contribution in [0.5, 0.6) is 0 Å². The Morgan fingerprint density at radius 3 is 2.47 bits per heavy atom. The summed E-state index contributed by atoms with van der Waals surface area (Å²) in [5.74, 6) is -2.57. The highest BCUT2D eigenvalue weighted by molar-refractivity contribution is 5.88. The number of aromatic nitrogens is 2. The van der Waals surface area contributed by atoms with Crippen LogP contribution < -0.4 is 0 Å². The molecule has 0 aliphatic carbocycles. The Bertz CT molecular complexity index is 551. The monoisotopic (exact) mass is 264 g/mol. The molecule has 3 heterocycles. The number of ether oxygens (including phenoxy) is 1. The van der Waals surface area contributed by atoms with E-state index in [9.17, 15) is 14.7 Å². The van der Waals surface area contributed by atoms with Crippen LogP contribution in [-0.4, -0.2) is 39.0 Å². The van der Waals surface area contributed by atoms with E-state index in [0.29, 0.717) is 0 Å². The molecule has 2 aliphatic rings. The van der Waals surface area contributed by atoms with Crippen molar-refractivity contribution in [2.75, 3.05) is 0 Å². The average Bonchev–Trinajstić information content (AvgIpc) is 3.01. The molecule has 2 aliphatic heterocycles. The molecule has 102 valence electrons. The number of rotatable bonds is 2. The number of fused-ring (bicyclic) bond motifs is 2. The zero-order valence-corrected chi connectivity index (χ0v) is 10.9. The minimum Gasteiger partial charge on any atom is -0.481 e. The van der Waals surface area contributed by atoms with Crippen molar-refractivity contribution in [3.05, 3.63) is 17.5 Å². The van der Waals surface area contributed by atoms with Gasteiger partial charge in [0.1, 0.15) is 0 Å². The minimum absolute atomic E-state index is 0.259. The zero-order chi connectivity index (χ0) is 13.7. The van der Waals surface area contributed by atoms with Gasteiger partial charge in [0, 0.05) is 5.69 Å². The summed E-state index contributed by atoms with van der Waals surface area (Å²) in [5, 5.41) is 13.5. The molecule has 0 spiro atoms. The third-order valence-corrected chi connectivity index (χ3v) is 4.06. The third kappa shape index (κ3) is 1.78. The number of carbonyl (C=O) groups is 2. The van der Waals surface area contributed by atoms with Crippen LogP contribution in [0.15, 0.2) is 6.07 Å². The van der Waals surface area contributed by atoms with Crippen LogP contribution in [0.4, 0.5) is 0 Å². The number of nitrogens with zero attached hydrogens (tertiary/aromatic N) is 2. The van der Waals surface area contributed by atoms with Gasteiger partial charge in [0.25, 0.3) is 5.91 Å². The van der Waals surface area contributed by atoms with E-state index in [1.165, 1.54) is 4.68 Å². The summed E-state index contributed by atoms with van der Waals surface area (Å²) in [6.07, 6.45) is 0.878. The molecule has 2 bridgehead atoms. The molecular formula is C13H16N2O4. The van der Waals surface area contributed by atoms with Gasteiger partial charge >= 0.3 is 5.97 Å². The van der Waals surface area contributed by atoms with Gasteiger partial charge in [0.15, 0.2) is 0 Å². The van der Waals surface area contributed by atoms with Crippen molar-refractivity contribution in [3.8, 4) is 0 Å². The summed E-state index contributed by atoms with van der Waals surface area (Å²) in [6, 6.07) is 1.81. The fraction of sp³-hybridized carbons (Fsp3) is 0.615. The number of carbonyl (C=O) groups excluding carboxylic acids is 1. The topological polar surface area (TPSA) is 81.4 Å². The lowest BCUT2D eigenvalue weighted by molar-refractivity contribution is -0.144. The van der Waals surface area contributed by atoms with Crippen molar-refractivity contribution >= 4 is 11.9 Å². The van der Waals surface area contributed by atoms with E-state index in [-0.39, 0.29) is 18.1 Å². The van der Waals surface area contributed by atoms with Crippen LogP contribution in [0, 0.1) is 25.7 Å². The highest BCUT2D eigenvalue weighted by atomic mass is 16.5. The first-order valence-corrected chi connectivity index (χ1v) is 6.45. The molecule has 1 aromatic rings. The number of hydrogen-bond acceptors (Lipinski definition) is 4. The lowest BCUT2D eigenvalue weighted by Gasteiger charge is -2.23. The molecule has 0 radical (unpaired) electrons. The molecule has 3 rings (SSSR count). The molecule has 0 amide bonds. The predicted molar refractivity (Wildman–Crippen MR) is 64.8 cm³/mol. The summed E-state index contributed by atoms with van der Waals surface area (Å²) in [7, 11) is 0. The Morgan fingerprint density at radius 1 is 1.32 bits per heavy atom. The maximum atomic E-state index is 12.5. The Balaban J connectivity index is 1.94. The highest BCUT2D eigenvalue weighted by Crippen LogP contribution is 2.44. The summed E-state index contributed by atoms with van der Waals surface area (Å²) in [4.78, 5) is 23.9. The van der Waals surface area contributed by atoms with Crippen molar-refractivity contribution in [1.82, 2.24) is 9.78 Å². The summed E-state index contributed by atoms with van der Waals surface area (Å²) in [6.45, 7) is 3.60. The van der Waals surface area contributed by atoms with Gasteiger partial charge in [0.2, 0.25) is 0 Å². The molecule has 4 atom stereocenters. The van der Waals surface area contributed by atoms with Gasteiger partial charge in [-0.25, -0.2) is 4.68 Å². The number of aliphatic carboxylic acids is 1. The maximum absolute atomic E-state index is 12.5. The highest BCUT2D eigenvalue weighted by Gasteiger charge is 2.56. The molecule has 6 heteroatoms. The van der Waals surface area contributed by atoms with Crippen molar-refractivity contribution in [3.63, 3.8) is 0 Å². The maximum Gasteiger partial charge on any atom is 0.310 e. The molecular weight excluding hydrogens is 248 g/mol. The van der Waals surface area contributed by atoms with E-state index in [1.807, 2.05) is 13.0 Å². The van der Waals surface area contributed by atoms with Crippen LogP contribution in [0.2, 0.25) is 0 Å². The van der Waals surface area contributed by atoms with Gasteiger partial charge in [-0.05, 0) is 32.8 Å². The summed E-state index contributed by atoms with van der Waals surface area (Å²) < 4.78 is 6.92. The second-order valence-corrected chi connectivity index (χ2v) is 5.36. The van der Waals surface area contributed by atoms with Crippen LogP contribution in [0.3, 0.4) is 0 Å². The molecule has 0 saturated carbocycles. The molecule has 0 unspecified atom stereocenters. The lowest BCUT2D eigenvalue weighted by atomic mass is 9.79. The van der Waals surface area contributed by atoms with Crippen molar-refractivity contribution in [2.45, 2.75) is 38.9 Å². The van der Waals surface area contributed by atoms with Crippen LogP contribution in [-0.2, 0) is 9.53 Å². The van der Waals surface area contributed by atoms with Crippen molar-refractivity contribution in [1.29, 1.82) is 0 Å². The third-order valence-electron chi connectivity index (χ3n) is 4.06. The van der Waals surface area contributed by atoms with Gasteiger partial charge in [-0.1, -0.05) is 0 Å². The normalized spacial score (nSPS) is 32.7. The fourth-order valence-corrected chi connectivity index (χ4v) is 3.30. The number of carboxylic acid groups (broad SMARTS) is 1. The first-order chi connectivity index (χ1) is 8.99. The van der Waals surface area contributed by atoms with Gasteiger partial charge in [-0.3, -0.25) is 9.59 Å². The van der Waals surface area contributed by atoms with Crippen molar-refractivity contribution < 1.29 is 19.4 Å². The SMILES string of the molecule is Cc1cc(C)n(C(=O)[C@@H]2[C@@H](C(=O)O)[C@H]3CC[C@H]2O3)n1. The summed E-state index contributed by atoms with van der Waals surface area (Å²) in [5.41, 5.74) is 1.48. The molecule has 1 aromatic heterocycles. The van der Waals surface area contributed by atoms with E-state index in [4.69, 9.17) is 4.74 Å². The summed E-state index contributed by atoms with van der Waals surface area (Å²) >= 11 is 0. The first-order valence-electron chi connectivity index (χ1n) is 6.45. The molecule has 0 aromatic carbocycles. The fourth-order valence-electron chi connectivity index (χ4n) is 3.30. The molecule has 6 nitrogen and oxygen atoms in total. The molecule has 1 N–H and O–H groups in total. The Hall–Kier alpha value is -1.69. The van der Waals surface area contributed by atoms with Gasteiger partial charge in [-0.15, -0.1) is 0 Å². The van der Waals surface area contributed by atoms with Crippen molar-refractivity contribution in [2.24, 2.45) is 11.8 Å². The second-order valence-electron chi connectivity index (χ2n) is 5.36. The average molecular weight is 264 g/mol. The van der Waals surface area contributed by atoms with E-state index in [0.717, 1.165) is 24.2 Å². The van der Waals surface area contributed by atoms with E-state index in [2.05, 4.69) is 5.10 Å². The lowest BCUT2D eigenvalue weighted by Crippen LogP contribution is -2.41. The predicted octanol–water partition coefficient (Wildman–Crippen LogP) is 1.02. The van der Waals surface area contributed by atoms with Crippen LogP contribution in [0.25, 0.3) is 0 Å². The molecule has 19 heavy (non-hydrogen) atoms. The number of hydrogen-bond donors (Lipinski definition) is 1. The largest absolute Gasteiger partial charge is 0.481 e. The van der Waals surface area contributed by atoms with Crippen LogP contribution in [0.1, 0.15) is 29.0 Å². The molecule has 2 saturated heterocycles. The minimum atomic E-state index is -0.952. The van der Waals surface area contributed by atoms with Gasteiger partial charge in [0.05, 0.1) is 29.7 Å². The number of carboxylic acids is 1. The quantitative estimate of drug-likeness (QED) is 0.862. The first kappa shape index (κ1) is 12.3. The standard InChI is InChI=1S/C13H16N2O4/c1-6-5-7(2)15(14-6)12(16)10-8-3-4-9(19-8)11(10)13(17)18/h5,8-11H,3-4H2,1-2H3,(H,17,18)/t8-,9-,10+,11+/m1/s1. The van der Waals surface area contributed by atoms with Gasteiger partial charge < -0.3 is 9.84 Å². The molecule has 2 fully saturated rings. The van der Waals surface area contributed by atoms with E-state index >= 15 is 0 Å². The number of aryl methyl sites for hydroxylation is 2. The van der Waals surface area contributed by atoms with E-state index < -0.39 is 17.8 Å². The van der Waals surface area contributed by atoms with E-state index in [1.54, 1.807) is 6.92 Å². The Kier molecular flexibility index (Phi) is 2.70.